The highest BCUT2D eigenvalue weighted by atomic mass is 35.5. The van der Waals surface area contributed by atoms with Crippen LogP contribution in [0.2, 0.25) is 5.15 Å². The number of halogens is 1. The van der Waals surface area contributed by atoms with E-state index in [-0.39, 0.29) is 22.4 Å². The second-order valence-corrected chi connectivity index (χ2v) is 8.85. The lowest BCUT2D eigenvalue weighted by Crippen LogP contribution is -2.44. The number of carbonyl (C=O) groups excluding carboxylic acids is 1. The molecular weight excluding hydrogens is 472 g/mol. The Bertz CT molecular complexity index is 1200. The van der Waals surface area contributed by atoms with Gasteiger partial charge in [0.05, 0.1) is 36.5 Å². The molecule has 5 rings (SSSR count). The van der Waals surface area contributed by atoms with E-state index in [4.69, 9.17) is 22.1 Å². The molecule has 0 spiro atoms. The van der Waals surface area contributed by atoms with Crippen molar-refractivity contribution in [1.29, 1.82) is 0 Å². The summed E-state index contributed by atoms with van der Waals surface area (Å²) in [7, 11) is 2.11. The quantitative estimate of drug-likeness (QED) is 0.495. The Morgan fingerprint density at radius 2 is 1.89 bits per heavy atom. The number of likely N-dealkylation sites (N-methyl/N-ethyl adjacent to an activating group) is 1. The van der Waals surface area contributed by atoms with E-state index in [2.05, 4.69) is 42.4 Å². The van der Waals surface area contributed by atoms with Gasteiger partial charge in [0.15, 0.2) is 16.7 Å². The zero-order chi connectivity index (χ0) is 24.4. The smallest absolute Gasteiger partial charge is 0.276 e. The van der Waals surface area contributed by atoms with Crippen LogP contribution in [0, 0.1) is 0 Å². The standard InChI is InChI=1S/C22H27ClN10O2/c1-30-4-6-31(7-5-30)18-3-2-15(12-16(18)27-21-19(24)20(23)25-14-26-21)33-13-17(28-29-33)22(34)32-8-10-35-11-9-32/h2-3,12-14H,4-11,24H2,1H3,(H,25,26,27). The Labute approximate surface area is 207 Å². The molecule has 35 heavy (non-hydrogen) atoms. The molecule has 1 amide bonds. The first-order chi connectivity index (χ1) is 17.0. The molecule has 0 saturated carbocycles. The van der Waals surface area contributed by atoms with Gasteiger partial charge >= 0.3 is 0 Å². The average molecular weight is 499 g/mol. The van der Waals surface area contributed by atoms with Crippen LogP contribution >= 0.6 is 11.6 Å². The highest BCUT2D eigenvalue weighted by Gasteiger charge is 2.23. The average Bonchev–Trinajstić information content (AvgIpc) is 3.38. The lowest BCUT2D eigenvalue weighted by molar-refractivity contribution is 0.0299. The normalized spacial score (nSPS) is 17.0. The molecule has 4 heterocycles. The van der Waals surface area contributed by atoms with E-state index in [9.17, 15) is 4.79 Å². The van der Waals surface area contributed by atoms with E-state index in [0.29, 0.717) is 32.1 Å². The van der Waals surface area contributed by atoms with Gasteiger partial charge < -0.3 is 30.5 Å². The topological polar surface area (TPSA) is 131 Å². The molecule has 0 unspecified atom stereocenters. The number of nitrogen functional groups attached to an aromatic ring is 1. The van der Waals surface area contributed by atoms with Gasteiger partial charge in [0, 0.05) is 39.3 Å². The third kappa shape index (κ3) is 4.99. The fraction of sp³-hybridized carbons (Fsp3) is 0.409. The van der Waals surface area contributed by atoms with Gasteiger partial charge in [0.1, 0.15) is 12.0 Å². The molecule has 2 aliphatic heterocycles. The first-order valence-corrected chi connectivity index (χ1v) is 11.8. The summed E-state index contributed by atoms with van der Waals surface area (Å²) in [5, 5.41) is 11.8. The third-order valence-electron chi connectivity index (χ3n) is 6.19. The van der Waals surface area contributed by atoms with Gasteiger partial charge in [-0.2, -0.15) is 0 Å². The molecule has 12 nitrogen and oxygen atoms in total. The molecule has 0 atom stereocenters. The minimum Gasteiger partial charge on any atom is -0.393 e. The van der Waals surface area contributed by atoms with Crippen LogP contribution in [-0.2, 0) is 4.74 Å². The van der Waals surface area contributed by atoms with E-state index < -0.39 is 0 Å². The summed E-state index contributed by atoms with van der Waals surface area (Å²) in [6.07, 6.45) is 3.00. The summed E-state index contributed by atoms with van der Waals surface area (Å²) < 4.78 is 6.92. The molecule has 2 aliphatic rings. The second-order valence-electron chi connectivity index (χ2n) is 8.50. The Morgan fingerprint density at radius 1 is 1.11 bits per heavy atom. The molecule has 184 valence electrons. The number of piperazine rings is 1. The number of hydrogen-bond acceptors (Lipinski definition) is 10. The van der Waals surface area contributed by atoms with Gasteiger partial charge in [-0.3, -0.25) is 4.79 Å². The van der Waals surface area contributed by atoms with E-state index >= 15 is 0 Å². The van der Waals surface area contributed by atoms with Crippen molar-refractivity contribution >= 4 is 40.4 Å². The number of nitrogens with one attached hydrogen (secondary N) is 1. The van der Waals surface area contributed by atoms with Crippen molar-refractivity contribution in [3.63, 3.8) is 0 Å². The molecule has 3 aromatic rings. The first-order valence-electron chi connectivity index (χ1n) is 11.4. The van der Waals surface area contributed by atoms with Crippen LogP contribution in [0.5, 0.6) is 0 Å². The maximum absolute atomic E-state index is 12.8. The van der Waals surface area contributed by atoms with Crippen LogP contribution in [0.15, 0.2) is 30.7 Å². The molecule has 0 aliphatic carbocycles. The number of aromatic nitrogens is 5. The van der Waals surface area contributed by atoms with E-state index in [1.165, 1.54) is 6.33 Å². The van der Waals surface area contributed by atoms with Crippen molar-refractivity contribution in [2.45, 2.75) is 0 Å². The number of amides is 1. The summed E-state index contributed by atoms with van der Waals surface area (Å²) in [6, 6.07) is 5.90. The highest BCUT2D eigenvalue weighted by molar-refractivity contribution is 6.32. The Balaban J connectivity index is 1.46. The SMILES string of the molecule is CN1CCN(c2ccc(-n3cc(C(=O)N4CCOCC4)nn3)cc2Nc2ncnc(Cl)c2N)CC1. The summed E-state index contributed by atoms with van der Waals surface area (Å²) in [5.74, 6) is 0.259. The number of hydrogen-bond donors (Lipinski definition) is 2. The van der Waals surface area contributed by atoms with Crippen LogP contribution < -0.4 is 16.0 Å². The van der Waals surface area contributed by atoms with E-state index in [1.54, 1.807) is 15.8 Å². The summed E-state index contributed by atoms with van der Waals surface area (Å²) >= 11 is 6.11. The van der Waals surface area contributed by atoms with Gasteiger partial charge in [0.25, 0.3) is 5.91 Å². The highest BCUT2D eigenvalue weighted by Crippen LogP contribution is 2.34. The van der Waals surface area contributed by atoms with Gasteiger partial charge in [-0.05, 0) is 25.2 Å². The summed E-state index contributed by atoms with van der Waals surface area (Å²) in [6.45, 7) is 5.82. The van der Waals surface area contributed by atoms with Crippen LogP contribution in [-0.4, -0.2) is 100 Å². The summed E-state index contributed by atoms with van der Waals surface area (Å²) in [5.41, 5.74) is 9.19. The molecule has 1 aromatic carbocycles. The van der Waals surface area contributed by atoms with Crippen LogP contribution in [0.3, 0.4) is 0 Å². The van der Waals surface area contributed by atoms with Crippen molar-refractivity contribution in [1.82, 2.24) is 34.8 Å². The molecule has 3 N–H and O–H groups in total. The van der Waals surface area contributed by atoms with Crippen LogP contribution in [0.4, 0.5) is 22.9 Å². The molecule has 2 fully saturated rings. The number of morpholine rings is 1. The number of nitrogens with zero attached hydrogens (tertiary/aromatic N) is 8. The number of ether oxygens (including phenoxy) is 1. The molecule has 13 heteroatoms. The van der Waals surface area contributed by atoms with Crippen molar-refractivity contribution in [3.8, 4) is 5.69 Å². The largest absolute Gasteiger partial charge is 0.393 e. The first kappa shape index (κ1) is 23.3. The number of benzene rings is 1. The lowest BCUT2D eigenvalue weighted by atomic mass is 10.2. The van der Waals surface area contributed by atoms with Gasteiger partial charge in [-0.1, -0.05) is 16.8 Å². The van der Waals surface area contributed by atoms with Crippen molar-refractivity contribution in [2.24, 2.45) is 0 Å². The number of nitrogens with two attached hydrogens (primary N) is 1. The molecule has 0 bridgehead atoms. The number of carbonyl (C=O) groups is 1. The fourth-order valence-electron chi connectivity index (χ4n) is 4.11. The molecule has 2 aromatic heterocycles. The molecule has 2 saturated heterocycles. The second kappa shape index (κ2) is 10.0. The molecule has 0 radical (unpaired) electrons. The number of rotatable bonds is 5. The predicted octanol–water partition coefficient (Wildman–Crippen LogP) is 1.26. The van der Waals surface area contributed by atoms with Gasteiger partial charge in [-0.15, -0.1) is 5.10 Å². The predicted molar refractivity (Wildman–Crippen MR) is 133 cm³/mol. The van der Waals surface area contributed by atoms with Gasteiger partial charge in [-0.25, -0.2) is 14.6 Å². The monoisotopic (exact) mass is 498 g/mol. The zero-order valence-electron chi connectivity index (χ0n) is 19.4. The van der Waals surface area contributed by atoms with Crippen LogP contribution in [0.25, 0.3) is 5.69 Å². The Kier molecular flexibility index (Phi) is 6.66. The molecular formula is C22H27ClN10O2. The summed E-state index contributed by atoms with van der Waals surface area (Å²) in [4.78, 5) is 27.3. The Hall–Kier alpha value is -3.48. The minimum atomic E-state index is -0.157. The zero-order valence-corrected chi connectivity index (χ0v) is 20.1. The maximum Gasteiger partial charge on any atom is 0.276 e. The fourth-order valence-corrected chi connectivity index (χ4v) is 4.24. The minimum absolute atomic E-state index is 0.157. The third-order valence-corrected chi connectivity index (χ3v) is 6.49. The van der Waals surface area contributed by atoms with Crippen LogP contribution in [0.1, 0.15) is 10.5 Å². The van der Waals surface area contributed by atoms with Crippen molar-refractivity contribution in [2.75, 3.05) is 75.5 Å². The lowest BCUT2D eigenvalue weighted by Gasteiger charge is -2.35. The number of anilines is 4. The van der Waals surface area contributed by atoms with E-state index in [1.807, 2.05) is 18.2 Å². The van der Waals surface area contributed by atoms with Crippen molar-refractivity contribution in [3.05, 3.63) is 41.6 Å². The maximum atomic E-state index is 12.8. The van der Waals surface area contributed by atoms with Gasteiger partial charge in [0.2, 0.25) is 0 Å². The Morgan fingerprint density at radius 3 is 2.66 bits per heavy atom. The van der Waals surface area contributed by atoms with Crippen molar-refractivity contribution < 1.29 is 9.53 Å². The van der Waals surface area contributed by atoms with E-state index in [0.717, 1.165) is 43.2 Å².